The number of hydrogen-bond donors (Lipinski definition) is 0. The number of nitrogens with zero attached hydrogens (tertiary/aromatic N) is 2. The van der Waals surface area contributed by atoms with E-state index in [9.17, 15) is 13.2 Å². The molecule has 2 aromatic rings. The first kappa shape index (κ1) is 20.7. The number of sulfonamides is 1. The molecule has 1 amide bonds. The van der Waals surface area contributed by atoms with Gasteiger partial charge in [0.25, 0.3) is 15.9 Å². The van der Waals surface area contributed by atoms with Gasteiger partial charge in [0.1, 0.15) is 0 Å². The van der Waals surface area contributed by atoms with E-state index >= 15 is 0 Å². The third-order valence-corrected chi connectivity index (χ3v) is 7.01. The van der Waals surface area contributed by atoms with Crippen molar-refractivity contribution in [2.24, 2.45) is 5.92 Å². The SMILES string of the molecule is CCCN(CC1CC1)C(=O)c1cc(S(=O)(=O)N(C)c2ccccc2)ccc1Cl. The average molecular weight is 421 g/mol. The molecule has 0 unspecified atom stereocenters. The summed E-state index contributed by atoms with van der Waals surface area (Å²) in [5, 5.41) is 0.267. The Labute approximate surface area is 172 Å². The van der Waals surface area contributed by atoms with Crippen LogP contribution in [0.4, 0.5) is 5.69 Å². The van der Waals surface area contributed by atoms with Crippen molar-refractivity contribution in [3.05, 3.63) is 59.1 Å². The van der Waals surface area contributed by atoms with Gasteiger partial charge in [-0.3, -0.25) is 9.10 Å². The lowest BCUT2D eigenvalue weighted by atomic mass is 10.2. The summed E-state index contributed by atoms with van der Waals surface area (Å²) in [7, 11) is -2.31. The Balaban J connectivity index is 1.92. The summed E-state index contributed by atoms with van der Waals surface area (Å²) in [6.07, 6.45) is 3.11. The Hall–Kier alpha value is -2.05. The van der Waals surface area contributed by atoms with Crippen LogP contribution in [0.2, 0.25) is 5.02 Å². The number of amides is 1. The van der Waals surface area contributed by atoms with Crippen LogP contribution in [0.1, 0.15) is 36.5 Å². The highest BCUT2D eigenvalue weighted by atomic mass is 35.5. The average Bonchev–Trinajstić information content (AvgIpc) is 3.51. The van der Waals surface area contributed by atoms with Gasteiger partial charge in [-0.2, -0.15) is 0 Å². The molecule has 1 aliphatic rings. The predicted octanol–water partition coefficient (Wildman–Crippen LogP) is 4.43. The maximum Gasteiger partial charge on any atom is 0.264 e. The van der Waals surface area contributed by atoms with Gasteiger partial charge in [-0.15, -0.1) is 0 Å². The van der Waals surface area contributed by atoms with E-state index in [0.29, 0.717) is 24.7 Å². The Morgan fingerprint density at radius 3 is 2.43 bits per heavy atom. The van der Waals surface area contributed by atoms with Crippen LogP contribution in [0.15, 0.2) is 53.4 Å². The second-order valence-corrected chi connectivity index (χ2v) is 9.52. The molecule has 0 bridgehead atoms. The van der Waals surface area contributed by atoms with Crippen molar-refractivity contribution in [3.63, 3.8) is 0 Å². The fourth-order valence-corrected chi connectivity index (χ4v) is 4.51. The maximum atomic E-state index is 13.1. The molecule has 7 heteroatoms. The zero-order chi connectivity index (χ0) is 20.3. The summed E-state index contributed by atoms with van der Waals surface area (Å²) in [4.78, 5) is 14.9. The van der Waals surface area contributed by atoms with Crippen LogP contribution in [0, 0.1) is 5.92 Å². The van der Waals surface area contributed by atoms with Crippen molar-refractivity contribution in [2.45, 2.75) is 31.1 Å². The highest BCUT2D eigenvalue weighted by Gasteiger charge is 2.29. The van der Waals surface area contributed by atoms with Crippen molar-refractivity contribution in [2.75, 3.05) is 24.4 Å². The van der Waals surface area contributed by atoms with Crippen LogP contribution in [0.3, 0.4) is 0 Å². The van der Waals surface area contributed by atoms with Gasteiger partial charge in [0.05, 0.1) is 21.2 Å². The molecule has 0 N–H and O–H groups in total. The molecular weight excluding hydrogens is 396 g/mol. The second-order valence-electron chi connectivity index (χ2n) is 7.14. The fraction of sp³-hybridized carbons (Fsp3) is 0.381. The quantitative estimate of drug-likeness (QED) is 0.634. The largest absolute Gasteiger partial charge is 0.338 e. The lowest BCUT2D eigenvalue weighted by Crippen LogP contribution is -2.34. The summed E-state index contributed by atoms with van der Waals surface area (Å²) >= 11 is 6.28. The maximum absolute atomic E-state index is 13.1. The van der Waals surface area contributed by atoms with Crippen LogP contribution >= 0.6 is 11.6 Å². The van der Waals surface area contributed by atoms with E-state index in [-0.39, 0.29) is 21.4 Å². The van der Waals surface area contributed by atoms with E-state index in [1.165, 1.54) is 29.6 Å². The monoisotopic (exact) mass is 420 g/mol. The number of para-hydroxylation sites is 1. The van der Waals surface area contributed by atoms with Gasteiger partial charge < -0.3 is 4.90 Å². The third kappa shape index (κ3) is 4.50. The molecular formula is C21H25ClN2O3S. The first-order valence-electron chi connectivity index (χ1n) is 9.47. The van der Waals surface area contributed by atoms with E-state index in [0.717, 1.165) is 19.3 Å². The van der Waals surface area contributed by atoms with Gasteiger partial charge >= 0.3 is 0 Å². The van der Waals surface area contributed by atoms with Gasteiger partial charge in [0.2, 0.25) is 0 Å². The molecule has 0 saturated heterocycles. The van der Waals surface area contributed by atoms with Crippen LogP contribution in [0.5, 0.6) is 0 Å². The number of carbonyl (C=O) groups excluding carboxylic acids is 1. The molecule has 2 aromatic carbocycles. The number of carbonyl (C=O) groups is 1. The molecule has 0 heterocycles. The Kier molecular flexibility index (Phi) is 6.30. The second kappa shape index (κ2) is 8.53. The van der Waals surface area contributed by atoms with Gasteiger partial charge in [-0.1, -0.05) is 36.7 Å². The third-order valence-electron chi connectivity index (χ3n) is 4.90. The molecule has 0 spiro atoms. The Morgan fingerprint density at radius 1 is 1.14 bits per heavy atom. The molecule has 150 valence electrons. The van der Waals surface area contributed by atoms with E-state index in [2.05, 4.69) is 0 Å². The topological polar surface area (TPSA) is 57.7 Å². The predicted molar refractivity (Wildman–Crippen MR) is 112 cm³/mol. The molecule has 1 fully saturated rings. The standard InChI is InChI=1S/C21H25ClN2O3S/c1-3-13-24(15-16-9-10-16)21(25)19-14-18(11-12-20(19)22)28(26,27)23(2)17-7-5-4-6-8-17/h4-8,11-12,14,16H,3,9-10,13,15H2,1-2H3. The minimum atomic E-state index is -3.81. The van der Waals surface area contributed by atoms with E-state index in [1.807, 2.05) is 13.0 Å². The van der Waals surface area contributed by atoms with Gasteiger partial charge in [-0.05, 0) is 55.5 Å². The highest BCUT2D eigenvalue weighted by Crippen LogP contribution is 2.31. The van der Waals surface area contributed by atoms with Gasteiger partial charge in [0, 0.05) is 20.1 Å². The normalized spacial score (nSPS) is 14.0. The fourth-order valence-electron chi connectivity index (χ4n) is 3.09. The minimum Gasteiger partial charge on any atom is -0.338 e. The van der Waals surface area contributed by atoms with Crippen molar-refractivity contribution < 1.29 is 13.2 Å². The smallest absolute Gasteiger partial charge is 0.264 e. The first-order valence-corrected chi connectivity index (χ1v) is 11.3. The van der Waals surface area contributed by atoms with Crippen LogP contribution in [-0.4, -0.2) is 39.4 Å². The molecule has 28 heavy (non-hydrogen) atoms. The summed E-state index contributed by atoms with van der Waals surface area (Å²) < 4.78 is 27.3. The zero-order valence-electron chi connectivity index (χ0n) is 16.1. The van der Waals surface area contributed by atoms with Crippen molar-refractivity contribution in [3.8, 4) is 0 Å². The number of hydrogen-bond acceptors (Lipinski definition) is 3. The molecule has 1 aliphatic carbocycles. The summed E-state index contributed by atoms with van der Waals surface area (Å²) in [5.74, 6) is 0.337. The summed E-state index contributed by atoms with van der Waals surface area (Å²) in [6.45, 7) is 3.35. The molecule has 0 aromatic heterocycles. The number of anilines is 1. The minimum absolute atomic E-state index is 0.0504. The van der Waals surface area contributed by atoms with Crippen LogP contribution in [0.25, 0.3) is 0 Å². The lowest BCUT2D eigenvalue weighted by molar-refractivity contribution is 0.0747. The Morgan fingerprint density at radius 2 is 1.82 bits per heavy atom. The Bertz CT molecular complexity index is 943. The lowest BCUT2D eigenvalue weighted by Gasteiger charge is -2.24. The van der Waals surface area contributed by atoms with E-state index in [4.69, 9.17) is 11.6 Å². The molecule has 1 saturated carbocycles. The van der Waals surface area contributed by atoms with Crippen LogP contribution in [-0.2, 0) is 10.0 Å². The van der Waals surface area contributed by atoms with Crippen molar-refractivity contribution in [1.82, 2.24) is 4.90 Å². The summed E-state index contributed by atoms with van der Waals surface area (Å²) in [6, 6.07) is 13.1. The van der Waals surface area contributed by atoms with Crippen LogP contribution < -0.4 is 4.31 Å². The number of benzene rings is 2. The van der Waals surface area contributed by atoms with E-state index in [1.54, 1.807) is 29.2 Å². The summed E-state index contributed by atoms with van der Waals surface area (Å²) in [5.41, 5.74) is 0.782. The molecule has 3 rings (SSSR count). The number of rotatable bonds is 8. The molecule has 5 nitrogen and oxygen atoms in total. The molecule has 0 aliphatic heterocycles. The molecule has 0 atom stereocenters. The molecule has 0 radical (unpaired) electrons. The number of halogens is 1. The first-order chi connectivity index (χ1) is 13.3. The van der Waals surface area contributed by atoms with Crippen molar-refractivity contribution in [1.29, 1.82) is 0 Å². The van der Waals surface area contributed by atoms with E-state index < -0.39 is 10.0 Å². The highest BCUT2D eigenvalue weighted by molar-refractivity contribution is 7.92. The van der Waals surface area contributed by atoms with Crippen molar-refractivity contribution >= 4 is 33.2 Å². The zero-order valence-corrected chi connectivity index (χ0v) is 17.7. The van der Waals surface area contributed by atoms with Gasteiger partial charge in [0.15, 0.2) is 0 Å². The van der Waals surface area contributed by atoms with Gasteiger partial charge in [-0.25, -0.2) is 8.42 Å².